The van der Waals surface area contributed by atoms with Gasteiger partial charge in [-0.1, -0.05) is 0 Å². The van der Waals surface area contributed by atoms with Crippen molar-refractivity contribution in [2.24, 2.45) is 0 Å². The van der Waals surface area contributed by atoms with Crippen LogP contribution in [0.1, 0.15) is 19.4 Å². The van der Waals surface area contributed by atoms with Crippen molar-refractivity contribution >= 4 is 0 Å². The van der Waals surface area contributed by atoms with Gasteiger partial charge >= 0.3 is 109 Å². The van der Waals surface area contributed by atoms with Crippen molar-refractivity contribution in [1.29, 1.82) is 0 Å². The molecule has 1 rings (SSSR count). The first kappa shape index (κ1) is 13.3. The van der Waals surface area contributed by atoms with Gasteiger partial charge in [0.2, 0.25) is 0 Å². The number of rotatable bonds is 4. The summed E-state index contributed by atoms with van der Waals surface area (Å²) in [5, 5.41) is 0. The van der Waals surface area contributed by atoms with Gasteiger partial charge < -0.3 is 0 Å². The van der Waals surface area contributed by atoms with Gasteiger partial charge in [-0.2, -0.15) is 0 Å². The van der Waals surface area contributed by atoms with Crippen LogP contribution in [0.25, 0.3) is 0 Å². The van der Waals surface area contributed by atoms with Crippen LogP contribution in [0.2, 0.25) is 0 Å². The fourth-order valence-electron chi connectivity index (χ4n) is 1.10. The molecule has 0 fully saturated rings. The van der Waals surface area contributed by atoms with E-state index in [-0.39, 0.29) is 21.2 Å². The molecule has 0 unspecified atom stereocenters. The van der Waals surface area contributed by atoms with Crippen molar-refractivity contribution < 1.29 is 25.9 Å². The third-order valence-corrected chi connectivity index (χ3v) is 4.69. The van der Waals surface area contributed by atoms with E-state index in [0.29, 0.717) is 0 Å². The van der Waals surface area contributed by atoms with Crippen LogP contribution >= 0.6 is 0 Å². The summed E-state index contributed by atoms with van der Waals surface area (Å²) in [7, 11) is 1.70. The second-order valence-electron chi connectivity index (χ2n) is 3.62. The zero-order chi connectivity index (χ0) is 12.0. The summed E-state index contributed by atoms with van der Waals surface area (Å²) in [6.45, 7) is 6.27. The van der Waals surface area contributed by atoms with Gasteiger partial charge in [-0.3, -0.25) is 0 Å². The molecule has 0 aromatic heterocycles. The molecule has 88 valence electrons. The molecule has 0 spiro atoms. The van der Waals surface area contributed by atoms with E-state index in [2.05, 4.69) is 44.2 Å². The zero-order valence-electron chi connectivity index (χ0n) is 10.3. The van der Waals surface area contributed by atoms with Crippen molar-refractivity contribution in [2.45, 2.75) is 20.8 Å². The molecule has 0 bridgehead atoms. The van der Waals surface area contributed by atoms with Gasteiger partial charge in [0.1, 0.15) is 0 Å². The van der Waals surface area contributed by atoms with Gasteiger partial charge in [0, 0.05) is 0 Å². The SMILES string of the molecule is CO/C(C)=C/C=C(\C)[I-]c1ccc(C)cc1. The van der Waals surface area contributed by atoms with Gasteiger partial charge in [-0.15, -0.1) is 0 Å². The van der Waals surface area contributed by atoms with Gasteiger partial charge in [0.25, 0.3) is 0 Å². The Labute approximate surface area is 108 Å². The van der Waals surface area contributed by atoms with Crippen molar-refractivity contribution in [3.05, 3.63) is 54.9 Å². The number of halogens is 1. The molecule has 0 amide bonds. The standard InChI is InChI=1S/C14H18IO/c1-11-5-9-14(10-6-11)15-12(2)7-8-13(3)16-4/h5-10H,1-4H3/q-1/b12-7+,13-8+. The zero-order valence-corrected chi connectivity index (χ0v) is 12.4. The van der Waals surface area contributed by atoms with E-state index in [0.717, 1.165) is 5.76 Å². The fraction of sp³-hybridized carbons (Fsp3) is 0.286. The van der Waals surface area contributed by atoms with E-state index in [9.17, 15) is 0 Å². The summed E-state index contributed by atoms with van der Waals surface area (Å²) in [6.07, 6.45) is 4.19. The minimum absolute atomic E-state index is 0.0251. The Kier molecular flexibility index (Phi) is 5.60. The Morgan fingerprint density at radius 2 is 1.75 bits per heavy atom. The number of ether oxygens (including phenoxy) is 1. The number of benzene rings is 1. The number of hydrogen-bond acceptors (Lipinski definition) is 1. The minimum atomic E-state index is -0.0251. The van der Waals surface area contributed by atoms with Crippen LogP contribution in [0.3, 0.4) is 0 Å². The molecule has 0 atom stereocenters. The van der Waals surface area contributed by atoms with E-state index >= 15 is 0 Å². The van der Waals surface area contributed by atoms with Crippen LogP contribution in [0.15, 0.2) is 45.8 Å². The van der Waals surface area contributed by atoms with Gasteiger partial charge in [0.15, 0.2) is 0 Å². The molecular weight excluding hydrogens is 311 g/mol. The first-order valence-electron chi connectivity index (χ1n) is 5.22. The van der Waals surface area contributed by atoms with Crippen molar-refractivity contribution in [3.63, 3.8) is 0 Å². The van der Waals surface area contributed by atoms with E-state index in [1.807, 2.05) is 13.0 Å². The quantitative estimate of drug-likeness (QED) is 0.449. The molecule has 1 nitrogen and oxygen atoms in total. The molecule has 0 saturated heterocycles. The second-order valence-corrected chi connectivity index (χ2v) is 7.11. The topological polar surface area (TPSA) is 9.23 Å². The van der Waals surface area contributed by atoms with E-state index < -0.39 is 0 Å². The van der Waals surface area contributed by atoms with Crippen molar-refractivity contribution in [3.8, 4) is 0 Å². The number of hydrogen-bond donors (Lipinski definition) is 0. The molecule has 0 aliphatic carbocycles. The van der Waals surface area contributed by atoms with Crippen LogP contribution < -0.4 is 21.2 Å². The maximum atomic E-state index is 5.10. The van der Waals surface area contributed by atoms with Gasteiger partial charge in [-0.05, 0) is 0 Å². The Balaban J connectivity index is 2.64. The summed E-state index contributed by atoms with van der Waals surface area (Å²) in [5.74, 6) is 0.951. The second kappa shape index (κ2) is 6.74. The Bertz CT molecular complexity index is 388. The van der Waals surface area contributed by atoms with Gasteiger partial charge in [-0.25, -0.2) is 0 Å². The molecule has 0 aliphatic heterocycles. The van der Waals surface area contributed by atoms with Crippen LogP contribution in [0.5, 0.6) is 0 Å². The molecule has 16 heavy (non-hydrogen) atoms. The molecule has 0 saturated carbocycles. The number of aryl methyl sites for hydroxylation is 1. The van der Waals surface area contributed by atoms with E-state index in [1.165, 1.54) is 12.7 Å². The first-order valence-corrected chi connectivity index (χ1v) is 7.38. The number of allylic oxidation sites excluding steroid dienone is 4. The monoisotopic (exact) mass is 329 g/mol. The average molecular weight is 329 g/mol. The Morgan fingerprint density at radius 3 is 2.31 bits per heavy atom. The Morgan fingerprint density at radius 1 is 1.12 bits per heavy atom. The predicted molar refractivity (Wildman–Crippen MR) is 64.4 cm³/mol. The van der Waals surface area contributed by atoms with Crippen LogP contribution in [-0.2, 0) is 4.74 Å². The summed E-state index contributed by atoms with van der Waals surface area (Å²) >= 11 is -0.0251. The predicted octanol–water partition coefficient (Wildman–Crippen LogP) is 0.708. The first-order chi connectivity index (χ1) is 7.61. The molecule has 0 aliphatic rings. The molecule has 0 N–H and O–H groups in total. The fourth-order valence-corrected chi connectivity index (χ4v) is 3.16. The van der Waals surface area contributed by atoms with Crippen LogP contribution in [0, 0.1) is 10.5 Å². The molecule has 2 heteroatoms. The summed E-state index contributed by atoms with van der Waals surface area (Å²) < 4.78 is 8.00. The van der Waals surface area contributed by atoms with Crippen molar-refractivity contribution in [2.75, 3.05) is 7.11 Å². The molecule has 1 aromatic carbocycles. The third kappa shape index (κ3) is 4.84. The van der Waals surface area contributed by atoms with Crippen LogP contribution in [-0.4, -0.2) is 7.11 Å². The molecular formula is C14H18IO-. The summed E-state index contributed by atoms with van der Waals surface area (Å²) in [5.41, 5.74) is 1.32. The van der Waals surface area contributed by atoms with Gasteiger partial charge in [0.05, 0.1) is 0 Å². The molecule has 0 radical (unpaired) electrons. The van der Waals surface area contributed by atoms with E-state index in [4.69, 9.17) is 4.74 Å². The third-order valence-electron chi connectivity index (χ3n) is 2.14. The van der Waals surface area contributed by atoms with E-state index in [1.54, 1.807) is 7.11 Å². The summed E-state index contributed by atoms with van der Waals surface area (Å²) in [4.78, 5) is 0. The average Bonchev–Trinajstić information content (AvgIpc) is 2.29. The Hall–Kier alpha value is -0.770. The maximum absolute atomic E-state index is 5.10. The molecule has 1 aromatic rings. The van der Waals surface area contributed by atoms with Crippen LogP contribution in [0.4, 0.5) is 0 Å². The molecule has 0 heterocycles. The van der Waals surface area contributed by atoms with Crippen molar-refractivity contribution in [1.82, 2.24) is 0 Å². The number of methoxy groups -OCH3 is 1. The normalized spacial score (nSPS) is 13.0. The summed E-state index contributed by atoms with van der Waals surface area (Å²) in [6, 6.07) is 8.82.